The number of ether oxygens (including phenoxy) is 1. The molecule has 0 aliphatic carbocycles. The Morgan fingerprint density at radius 2 is 1.35 bits per heavy atom. The van der Waals surface area contributed by atoms with Crippen LogP contribution < -0.4 is 0 Å². The Kier molecular flexibility index (Phi) is 4.96. The van der Waals surface area contributed by atoms with Crippen LogP contribution in [0.25, 0.3) is 11.1 Å². The molecule has 1 aliphatic heterocycles. The van der Waals surface area contributed by atoms with Crippen LogP contribution in [0.1, 0.15) is 75.6 Å². The summed E-state index contributed by atoms with van der Waals surface area (Å²) in [6, 6.07) is 13.3. The minimum atomic E-state index is -0.122. The Labute approximate surface area is 158 Å². The summed E-state index contributed by atoms with van der Waals surface area (Å²) in [5, 5.41) is 0. The molecule has 2 aromatic rings. The zero-order chi connectivity index (χ0) is 19.1. The van der Waals surface area contributed by atoms with Crippen LogP contribution in [0.5, 0.6) is 0 Å². The fourth-order valence-corrected chi connectivity index (χ4v) is 3.66. The molecule has 0 spiro atoms. The summed E-state index contributed by atoms with van der Waals surface area (Å²) < 4.78 is 5.77. The summed E-state index contributed by atoms with van der Waals surface area (Å²) in [6.07, 6.45) is 0. The molecule has 1 aliphatic rings. The van der Waals surface area contributed by atoms with E-state index in [1.165, 1.54) is 27.8 Å². The number of rotatable bonds is 4. The van der Waals surface area contributed by atoms with Crippen molar-refractivity contribution in [2.75, 3.05) is 6.61 Å². The van der Waals surface area contributed by atoms with Gasteiger partial charge < -0.3 is 4.74 Å². The zero-order valence-corrected chi connectivity index (χ0v) is 17.2. The van der Waals surface area contributed by atoms with Crippen molar-refractivity contribution in [2.45, 2.75) is 65.8 Å². The van der Waals surface area contributed by atoms with E-state index in [0.29, 0.717) is 18.4 Å². The quantitative estimate of drug-likeness (QED) is 0.620. The molecule has 1 heterocycles. The van der Waals surface area contributed by atoms with Gasteiger partial charge in [-0.3, -0.25) is 0 Å². The van der Waals surface area contributed by atoms with Crippen LogP contribution >= 0.6 is 0 Å². The summed E-state index contributed by atoms with van der Waals surface area (Å²) in [6.45, 7) is 16.2. The van der Waals surface area contributed by atoms with Crippen molar-refractivity contribution in [1.29, 1.82) is 0 Å². The van der Waals surface area contributed by atoms with Gasteiger partial charge in [0.2, 0.25) is 5.90 Å². The molecule has 0 amide bonds. The third-order valence-corrected chi connectivity index (χ3v) is 5.16. The molecule has 0 saturated carbocycles. The summed E-state index contributed by atoms with van der Waals surface area (Å²) in [5.41, 5.74) is 7.80. The van der Waals surface area contributed by atoms with Crippen LogP contribution in [0.15, 0.2) is 41.4 Å². The highest BCUT2D eigenvalue weighted by atomic mass is 16.5. The van der Waals surface area contributed by atoms with E-state index in [9.17, 15) is 0 Å². The Morgan fingerprint density at radius 1 is 0.846 bits per heavy atom. The first-order valence-corrected chi connectivity index (χ1v) is 9.66. The summed E-state index contributed by atoms with van der Waals surface area (Å²) in [4.78, 5) is 4.67. The predicted octanol–water partition coefficient (Wildman–Crippen LogP) is 6.46. The number of benzene rings is 2. The van der Waals surface area contributed by atoms with Crippen molar-refractivity contribution in [3.05, 3.63) is 58.7 Å². The SMILES string of the molecule is Cc1c(C(C)C)cc(-c2ccc(C3=NC(C)(C)CO3)cc2)cc1C(C)C. The fourth-order valence-electron chi connectivity index (χ4n) is 3.66. The second-order valence-corrected chi connectivity index (χ2v) is 8.68. The molecule has 2 aromatic carbocycles. The predicted molar refractivity (Wildman–Crippen MR) is 111 cm³/mol. The van der Waals surface area contributed by atoms with Gasteiger partial charge in [0, 0.05) is 5.56 Å². The van der Waals surface area contributed by atoms with E-state index in [4.69, 9.17) is 4.74 Å². The van der Waals surface area contributed by atoms with Gasteiger partial charge in [-0.25, -0.2) is 4.99 Å². The molecule has 2 nitrogen and oxygen atoms in total. The second kappa shape index (κ2) is 6.90. The smallest absolute Gasteiger partial charge is 0.216 e. The number of nitrogens with zero attached hydrogens (tertiary/aromatic N) is 1. The highest BCUT2D eigenvalue weighted by Gasteiger charge is 2.26. The number of hydrogen-bond donors (Lipinski definition) is 0. The Balaban J connectivity index is 1.99. The first-order valence-electron chi connectivity index (χ1n) is 9.66. The molecule has 0 saturated heterocycles. The average Bonchev–Trinajstić information content (AvgIpc) is 2.94. The standard InChI is InChI=1S/C24H31NO/c1-15(2)21-12-20(13-22(16(3)4)17(21)5)18-8-10-19(11-9-18)23-25-24(6,7)14-26-23/h8-13,15-16H,14H2,1-7H3. The van der Waals surface area contributed by atoms with Crippen LogP contribution in [0.4, 0.5) is 0 Å². The lowest BCUT2D eigenvalue weighted by Gasteiger charge is -2.19. The van der Waals surface area contributed by atoms with Crippen LogP contribution in [0.2, 0.25) is 0 Å². The molecule has 0 bridgehead atoms. The van der Waals surface area contributed by atoms with Crippen molar-refractivity contribution in [3.63, 3.8) is 0 Å². The van der Waals surface area contributed by atoms with Crippen LogP contribution in [0, 0.1) is 6.92 Å². The van der Waals surface area contributed by atoms with Crippen LogP contribution in [-0.4, -0.2) is 18.0 Å². The van der Waals surface area contributed by atoms with Gasteiger partial charge in [-0.05, 0) is 72.6 Å². The van der Waals surface area contributed by atoms with Gasteiger partial charge in [-0.1, -0.05) is 52.0 Å². The summed E-state index contributed by atoms with van der Waals surface area (Å²) >= 11 is 0. The minimum absolute atomic E-state index is 0.122. The monoisotopic (exact) mass is 349 g/mol. The highest BCUT2D eigenvalue weighted by Crippen LogP contribution is 2.33. The van der Waals surface area contributed by atoms with E-state index in [2.05, 4.69) is 89.9 Å². The molecule has 3 rings (SSSR count). The molecule has 0 radical (unpaired) electrons. The van der Waals surface area contributed by atoms with E-state index in [1.54, 1.807) is 0 Å². The van der Waals surface area contributed by atoms with Gasteiger partial charge in [0.05, 0.1) is 5.54 Å². The van der Waals surface area contributed by atoms with E-state index in [-0.39, 0.29) is 5.54 Å². The van der Waals surface area contributed by atoms with Crippen molar-refractivity contribution in [2.24, 2.45) is 4.99 Å². The molecule has 138 valence electrons. The summed E-state index contributed by atoms with van der Waals surface area (Å²) in [7, 11) is 0. The fraction of sp³-hybridized carbons (Fsp3) is 0.458. The van der Waals surface area contributed by atoms with Crippen LogP contribution in [0.3, 0.4) is 0 Å². The van der Waals surface area contributed by atoms with E-state index >= 15 is 0 Å². The molecule has 0 N–H and O–H groups in total. The lowest BCUT2D eigenvalue weighted by atomic mass is 9.86. The van der Waals surface area contributed by atoms with E-state index in [1.807, 2.05) is 0 Å². The molecular weight excluding hydrogens is 318 g/mol. The Bertz CT molecular complexity index is 797. The van der Waals surface area contributed by atoms with Gasteiger partial charge in [-0.2, -0.15) is 0 Å². The highest BCUT2D eigenvalue weighted by molar-refractivity contribution is 5.95. The lowest BCUT2D eigenvalue weighted by Crippen LogP contribution is -2.17. The first-order chi connectivity index (χ1) is 12.2. The van der Waals surface area contributed by atoms with Gasteiger partial charge in [0.15, 0.2) is 0 Å². The van der Waals surface area contributed by atoms with Gasteiger partial charge in [0.25, 0.3) is 0 Å². The molecule has 2 heteroatoms. The maximum absolute atomic E-state index is 5.77. The third kappa shape index (κ3) is 3.70. The Hall–Kier alpha value is -2.09. The minimum Gasteiger partial charge on any atom is -0.475 e. The zero-order valence-electron chi connectivity index (χ0n) is 17.2. The van der Waals surface area contributed by atoms with Gasteiger partial charge in [-0.15, -0.1) is 0 Å². The first kappa shape index (κ1) is 18.7. The van der Waals surface area contributed by atoms with Crippen molar-refractivity contribution in [1.82, 2.24) is 0 Å². The maximum Gasteiger partial charge on any atom is 0.216 e. The largest absolute Gasteiger partial charge is 0.475 e. The van der Waals surface area contributed by atoms with Crippen molar-refractivity contribution >= 4 is 5.90 Å². The van der Waals surface area contributed by atoms with Crippen LogP contribution in [-0.2, 0) is 4.74 Å². The van der Waals surface area contributed by atoms with Gasteiger partial charge >= 0.3 is 0 Å². The molecule has 26 heavy (non-hydrogen) atoms. The normalized spacial score (nSPS) is 16.1. The van der Waals surface area contributed by atoms with E-state index in [0.717, 1.165) is 11.5 Å². The number of aliphatic imine (C=N–C) groups is 1. The molecule has 0 atom stereocenters. The lowest BCUT2D eigenvalue weighted by molar-refractivity contribution is 0.279. The topological polar surface area (TPSA) is 21.6 Å². The summed E-state index contributed by atoms with van der Waals surface area (Å²) in [5.74, 6) is 1.81. The third-order valence-electron chi connectivity index (χ3n) is 5.16. The molecule has 0 unspecified atom stereocenters. The molecule has 0 fully saturated rings. The van der Waals surface area contributed by atoms with E-state index < -0.39 is 0 Å². The average molecular weight is 350 g/mol. The molecular formula is C24H31NO. The second-order valence-electron chi connectivity index (χ2n) is 8.68. The molecule has 0 aromatic heterocycles. The number of hydrogen-bond acceptors (Lipinski definition) is 2. The Morgan fingerprint density at radius 3 is 1.77 bits per heavy atom. The van der Waals surface area contributed by atoms with Crippen molar-refractivity contribution in [3.8, 4) is 11.1 Å². The van der Waals surface area contributed by atoms with Crippen molar-refractivity contribution < 1.29 is 4.74 Å². The maximum atomic E-state index is 5.77. The van der Waals surface area contributed by atoms with Gasteiger partial charge in [0.1, 0.15) is 6.61 Å².